The van der Waals surface area contributed by atoms with Crippen LogP contribution < -0.4 is 10.1 Å². The molecule has 1 saturated heterocycles. The Kier molecular flexibility index (Phi) is 5.50. The average Bonchev–Trinajstić information content (AvgIpc) is 3.51. The van der Waals surface area contributed by atoms with Gasteiger partial charge >= 0.3 is 0 Å². The highest BCUT2D eigenvalue weighted by molar-refractivity contribution is 5.92. The molecule has 3 atom stereocenters. The summed E-state index contributed by atoms with van der Waals surface area (Å²) >= 11 is 0. The van der Waals surface area contributed by atoms with Crippen LogP contribution in [0.2, 0.25) is 0 Å². The second-order valence-corrected chi connectivity index (χ2v) is 9.33. The number of fused-ring (bicyclic) bond motifs is 1. The van der Waals surface area contributed by atoms with Gasteiger partial charge in [-0.2, -0.15) is 0 Å². The quantitative estimate of drug-likeness (QED) is 0.796. The first-order chi connectivity index (χ1) is 14.7. The lowest BCUT2D eigenvalue weighted by atomic mass is 10.0. The van der Waals surface area contributed by atoms with Crippen molar-refractivity contribution in [1.82, 2.24) is 19.8 Å². The topological polar surface area (TPSA) is 59.4 Å². The van der Waals surface area contributed by atoms with Crippen molar-refractivity contribution in [3.8, 4) is 5.75 Å². The zero-order valence-corrected chi connectivity index (χ0v) is 17.8. The molecule has 160 valence electrons. The van der Waals surface area contributed by atoms with Gasteiger partial charge < -0.3 is 19.5 Å². The minimum absolute atomic E-state index is 0.0376. The van der Waals surface area contributed by atoms with Gasteiger partial charge in [0.15, 0.2) is 0 Å². The van der Waals surface area contributed by atoms with Crippen molar-refractivity contribution in [2.24, 2.45) is 18.9 Å². The number of carbonyl (C=O) groups excluding carboxylic acids is 1. The largest absolute Gasteiger partial charge is 0.490 e. The molecule has 6 heteroatoms. The van der Waals surface area contributed by atoms with E-state index in [9.17, 15) is 4.79 Å². The van der Waals surface area contributed by atoms with Crippen LogP contribution in [-0.2, 0) is 13.6 Å². The number of rotatable bonds is 6. The highest BCUT2D eigenvalue weighted by Gasteiger charge is 2.41. The minimum Gasteiger partial charge on any atom is -0.490 e. The lowest BCUT2D eigenvalue weighted by Gasteiger charge is -2.29. The van der Waals surface area contributed by atoms with Crippen LogP contribution in [0.4, 0.5) is 0 Å². The molecule has 0 radical (unpaired) electrons. The second kappa shape index (κ2) is 8.42. The molecule has 1 aromatic heterocycles. The molecule has 2 aromatic rings. The summed E-state index contributed by atoms with van der Waals surface area (Å²) in [5, 5.41) is 3.50. The van der Waals surface area contributed by atoms with Crippen LogP contribution >= 0.6 is 0 Å². The molecule has 2 aliphatic carbocycles. The second-order valence-electron chi connectivity index (χ2n) is 9.33. The first-order valence-electron chi connectivity index (χ1n) is 11.4. The van der Waals surface area contributed by atoms with Gasteiger partial charge in [0.1, 0.15) is 11.4 Å². The maximum Gasteiger partial charge on any atom is 0.274 e. The lowest BCUT2D eigenvalue weighted by molar-refractivity contribution is 0.0650. The fraction of sp³-hybridized carbons (Fsp3) is 0.583. The third kappa shape index (κ3) is 4.10. The number of hydrogen-bond acceptors (Lipinski definition) is 4. The van der Waals surface area contributed by atoms with Gasteiger partial charge in [-0.3, -0.25) is 4.79 Å². The molecular weight excluding hydrogens is 376 g/mol. The molecule has 5 rings (SSSR count). The van der Waals surface area contributed by atoms with Crippen molar-refractivity contribution in [2.75, 3.05) is 13.1 Å². The molecule has 1 N–H and O–H groups in total. The van der Waals surface area contributed by atoms with Crippen LogP contribution in [0.15, 0.2) is 36.8 Å². The van der Waals surface area contributed by atoms with Gasteiger partial charge in [0.2, 0.25) is 0 Å². The lowest BCUT2D eigenvalue weighted by Crippen LogP contribution is -2.39. The molecular formula is C24H32N4O2. The Labute approximate surface area is 178 Å². The van der Waals surface area contributed by atoms with Gasteiger partial charge in [0, 0.05) is 25.8 Å². The molecule has 2 saturated carbocycles. The van der Waals surface area contributed by atoms with Crippen LogP contribution in [0.3, 0.4) is 0 Å². The monoisotopic (exact) mass is 408 g/mol. The summed E-state index contributed by atoms with van der Waals surface area (Å²) in [5.41, 5.74) is 1.66. The van der Waals surface area contributed by atoms with Crippen LogP contribution in [-0.4, -0.2) is 45.6 Å². The number of ether oxygens (including phenoxy) is 1. The molecule has 3 fully saturated rings. The summed E-state index contributed by atoms with van der Waals surface area (Å²) in [6, 6.07) is 8.59. The highest BCUT2D eigenvalue weighted by Crippen LogP contribution is 2.38. The summed E-state index contributed by atoms with van der Waals surface area (Å²) in [6.45, 7) is 2.77. The Morgan fingerprint density at radius 3 is 2.70 bits per heavy atom. The van der Waals surface area contributed by atoms with Gasteiger partial charge in [0.25, 0.3) is 5.91 Å². The van der Waals surface area contributed by atoms with E-state index in [4.69, 9.17) is 4.74 Å². The van der Waals surface area contributed by atoms with E-state index in [0.717, 1.165) is 50.1 Å². The number of nitrogens with one attached hydrogen (secondary N) is 1. The summed E-state index contributed by atoms with van der Waals surface area (Å²) < 4.78 is 8.05. The van der Waals surface area contributed by atoms with Crippen molar-refractivity contribution in [2.45, 2.75) is 57.2 Å². The SMILES string of the molecule is Cn1cnc(C(=O)N(Cc2cccc(OC3CCCC3)c2)C2C[C@H]3CNC[C@H]3C2)c1. The summed E-state index contributed by atoms with van der Waals surface area (Å²) in [4.78, 5) is 19.8. The van der Waals surface area contributed by atoms with Crippen molar-refractivity contribution in [3.05, 3.63) is 48.0 Å². The Balaban J connectivity index is 1.35. The third-order valence-corrected chi connectivity index (χ3v) is 7.11. The molecule has 2 heterocycles. The van der Waals surface area contributed by atoms with Crippen molar-refractivity contribution in [3.63, 3.8) is 0 Å². The Morgan fingerprint density at radius 2 is 2.00 bits per heavy atom. The molecule has 0 bridgehead atoms. The number of carbonyl (C=O) groups is 1. The fourth-order valence-electron chi connectivity index (χ4n) is 5.54. The first kappa shape index (κ1) is 19.6. The zero-order chi connectivity index (χ0) is 20.5. The van der Waals surface area contributed by atoms with E-state index in [1.807, 2.05) is 23.9 Å². The van der Waals surface area contributed by atoms with Crippen LogP contribution in [0.1, 0.15) is 54.6 Å². The molecule has 0 spiro atoms. The highest BCUT2D eigenvalue weighted by atomic mass is 16.5. The molecule has 30 heavy (non-hydrogen) atoms. The van der Waals surface area contributed by atoms with Crippen LogP contribution in [0.5, 0.6) is 5.75 Å². The van der Waals surface area contributed by atoms with Gasteiger partial charge in [0.05, 0.1) is 12.4 Å². The van der Waals surface area contributed by atoms with Crippen LogP contribution in [0, 0.1) is 11.8 Å². The number of nitrogens with zero attached hydrogens (tertiary/aromatic N) is 3. The van der Waals surface area contributed by atoms with Crippen molar-refractivity contribution >= 4 is 5.91 Å². The Hall–Kier alpha value is -2.34. The summed E-state index contributed by atoms with van der Waals surface area (Å²) in [6.07, 6.45) is 10.8. The molecule has 1 amide bonds. The molecule has 1 unspecified atom stereocenters. The number of benzene rings is 1. The van der Waals surface area contributed by atoms with E-state index in [0.29, 0.717) is 30.2 Å². The smallest absolute Gasteiger partial charge is 0.274 e. The van der Waals surface area contributed by atoms with E-state index >= 15 is 0 Å². The standard InChI is InChI=1S/C24H32N4O2/c1-27-15-23(26-16-27)24(29)28(20-10-18-12-25-13-19(18)11-20)14-17-5-4-8-22(9-17)30-21-6-2-3-7-21/h4-5,8-9,15-16,18-21,25H,2-3,6-7,10-14H2,1H3/t18-,19+,20?. The summed E-state index contributed by atoms with van der Waals surface area (Å²) in [7, 11) is 1.91. The maximum absolute atomic E-state index is 13.4. The van der Waals surface area contributed by atoms with E-state index in [1.54, 1.807) is 6.33 Å². The normalized spacial score (nSPS) is 26.1. The number of amides is 1. The number of hydrogen-bond donors (Lipinski definition) is 1. The molecule has 3 aliphatic rings. The third-order valence-electron chi connectivity index (χ3n) is 7.11. The average molecular weight is 409 g/mol. The Morgan fingerprint density at radius 1 is 1.23 bits per heavy atom. The number of imidazole rings is 1. The van der Waals surface area contributed by atoms with Crippen molar-refractivity contribution < 1.29 is 9.53 Å². The zero-order valence-electron chi connectivity index (χ0n) is 17.8. The number of aromatic nitrogens is 2. The van der Waals surface area contributed by atoms with Gasteiger partial charge in [-0.25, -0.2) is 4.98 Å². The van der Waals surface area contributed by atoms with E-state index in [2.05, 4.69) is 33.4 Å². The van der Waals surface area contributed by atoms with E-state index in [-0.39, 0.29) is 11.9 Å². The maximum atomic E-state index is 13.4. The predicted molar refractivity (Wildman–Crippen MR) is 115 cm³/mol. The van der Waals surface area contributed by atoms with Crippen LogP contribution in [0.25, 0.3) is 0 Å². The van der Waals surface area contributed by atoms with Gasteiger partial charge in [-0.05, 0) is 81.1 Å². The fourth-order valence-corrected chi connectivity index (χ4v) is 5.54. The van der Waals surface area contributed by atoms with Crippen molar-refractivity contribution in [1.29, 1.82) is 0 Å². The minimum atomic E-state index is 0.0376. The van der Waals surface area contributed by atoms with E-state index < -0.39 is 0 Å². The summed E-state index contributed by atoms with van der Waals surface area (Å²) in [5.74, 6) is 2.34. The van der Waals surface area contributed by atoms with Gasteiger partial charge in [-0.1, -0.05) is 12.1 Å². The Bertz CT molecular complexity index is 877. The number of aryl methyl sites for hydroxylation is 1. The molecule has 1 aromatic carbocycles. The van der Waals surface area contributed by atoms with E-state index in [1.165, 1.54) is 12.8 Å². The predicted octanol–water partition coefficient (Wildman–Crippen LogP) is 3.38. The first-order valence-corrected chi connectivity index (χ1v) is 11.4. The van der Waals surface area contributed by atoms with Gasteiger partial charge in [-0.15, -0.1) is 0 Å². The molecule has 1 aliphatic heterocycles. The molecule has 6 nitrogen and oxygen atoms in total.